The van der Waals surface area contributed by atoms with Crippen molar-refractivity contribution in [1.29, 1.82) is 0 Å². The average molecular weight is 602 g/mol. The first-order valence-corrected chi connectivity index (χ1v) is 20.4. The first kappa shape index (κ1) is 40.2. The second-order valence-corrected chi connectivity index (χ2v) is 14.1. The molecule has 0 aliphatic heterocycles. The second kappa shape index (κ2) is 32.6. The summed E-state index contributed by atoms with van der Waals surface area (Å²) in [5.41, 5.74) is 0. The van der Waals surface area contributed by atoms with Crippen molar-refractivity contribution in [3.63, 3.8) is 0 Å². The molecule has 0 unspecified atom stereocenters. The number of hydrogen-bond donors (Lipinski definition) is 0. The molecule has 0 saturated carbocycles. The predicted molar refractivity (Wildman–Crippen MR) is 193 cm³/mol. The van der Waals surface area contributed by atoms with Crippen molar-refractivity contribution < 1.29 is 4.57 Å². The lowest BCUT2D eigenvalue weighted by molar-refractivity contribution is -0.704. The van der Waals surface area contributed by atoms with Crippen LogP contribution in [0.25, 0.3) is 0 Å². The molecule has 0 saturated heterocycles. The highest BCUT2D eigenvalue weighted by Gasteiger charge is 2.16. The summed E-state index contributed by atoms with van der Waals surface area (Å²) in [7, 11) is 0. The van der Waals surface area contributed by atoms with Crippen LogP contribution < -0.4 is 4.57 Å². The van der Waals surface area contributed by atoms with E-state index in [2.05, 4.69) is 42.3 Å². The summed E-state index contributed by atoms with van der Waals surface area (Å²) in [5.74, 6) is 1.62. The van der Waals surface area contributed by atoms with Crippen molar-refractivity contribution in [3.05, 3.63) is 18.2 Å². The zero-order valence-corrected chi connectivity index (χ0v) is 30.3. The van der Waals surface area contributed by atoms with Crippen LogP contribution in [0, 0.1) is 0 Å². The van der Waals surface area contributed by atoms with Crippen molar-refractivity contribution in [2.24, 2.45) is 0 Å². The third-order valence-corrected chi connectivity index (χ3v) is 9.85. The van der Waals surface area contributed by atoms with Crippen LogP contribution in [0.4, 0.5) is 0 Å². The molecule has 0 aliphatic rings. The SMILES string of the molecule is CCCCCCCCCCCCCCCc1n(CCCCCCCCCCCCCC)cc[n+]1CCCCCCCCC. The number of aromatic nitrogens is 2. The van der Waals surface area contributed by atoms with Crippen LogP contribution in [0.3, 0.4) is 0 Å². The maximum absolute atomic E-state index is 2.64. The third kappa shape index (κ3) is 25.1. The molecule has 0 N–H and O–H groups in total. The van der Waals surface area contributed by atoms with Gasteiger partial charge in [0.15, 0.2) is 0 Å². The Hall–Kier alpha value is -0.790. The summed E-state index contributed by atoms with van der Waals surface area (Å²) >= 11 is 0. The zero-order chi connectivity index (χ0) is 30.9. The average Bonchev–Trinajstić information content (AvgIpc) is 3.40. The number of hydrogen-bond acceptors (Lipinski definition) is 0. The lowest BCUT2D eigenvalue weighted by Gasteiger charge is -2.07. The van der Waals surface area contributed by atoms with Crippen molar-refractivity contribution in [1.82, 2.24) is 4.57 Å². The standard InChI is InChI=1S/C41H81N2/c1-4-7-10-13-16-18-20-22-23-25-27-30-33-36-41-42(37-34-31-28-15-12-9-6-3)39-40-43(41)38-35-32-29-26-24-21-19-17-14-11-8-5-2/h39-40H,4-38H2,1-3H3/q+1. The number of aryl methyl sites for hydroxylation is 2. The third-order valence-electron chi connectivity index (χ3n) is 9.85. The monoisotopic (exact) mass is 602 g/mol. The number of nitrogens with zero attached hydrogens (tertiary/aromatic N) is 2. The summed E-state index contributed by atoms with van der Waals surface area (Å²) in [4.78, 5) is 0. The molecule has 0 aliphatic carbocycles. The Labute approximate surface area is 272 Å². The fourth-order valence-corrected chi connectivity index (χ4v) is 6.86. The summed E-state index contributed by atoms with van der Waals surface area (Å²) in [6.07, 6.45) is 51.9. The summed E-state index contributed by atoms with van der Waals surface area (Å²) in [6.45, 7) is 9.40. The molecule has 0 atom stereocenters. The van der Waals surface area contributed by atoms with Crippen molar-refractivity contribution >= 4 is 0 Å². The second-order valence-electron chi connectivity index (χ2n) is 14.1. The Morgan fingerprint density at radius 1 is 0.395 bits per heavy atom. The van der Waals surface area contributed by atoms with E-state index in [1.165, 1.54) is 225 Å². The molecule has 0 radical (unpaired) electrons. The maximum Gasteiger partial charge on any atom is 0.256 e. The molecular weight excluding hydrogens is 520 g/mol. The van der Waals surface area contributed by atoms with Crippen LogP contribution in [-0.2, 0) is 19.5 Å². The molecule has 1 rings (SSSR count). The van der Waals surface area contributed by atoms with Crippen LogP contribution in [0.5, 0.6) is 0 Å². The minimum Gasteiger partial charge on any atom is -0.234 e. The van der Waals surface area contributed by atoms with Crippen molar-refractivity contribution in [2.45, 2.75) is 246 Å². The Bertz CT molecular complexity index is 663. The van der Waals surface area contributed by atoms with Crippen LogP contribution in [0.15, 0.2) is 12.4 Å². The molecule has 0 aromatic carbocycles. The van der Waals surface area contributed by atoms with Crippen LogP contribution in [-0.4, -0.2) is 4.57 Å². The van der Waals surface area contributed by atoms with Crippen molar-refractivity contribution in [2.75, 3.05) is 0 Å². The van der Waals surface area contributed by atoms with E-state index in [-0.39, 0.29) is 0 Å². The van der Waals surface area contributed by atoms with E-state index in [4.69, 9.17) is 0 Å². The van der Waals surface area contributed by atoms with E-state index >= 15 is 0 Å². The number of imidazole rings is 1. The highest BCUT2D eigenvalue weighted by Crippen LogP contribution is 2.15. The van der Waals surface area contributed by atoms with E-state index in [9.17, 15) is 0 Å². The van der Waals surface area contributed by atoms with Gasteiger partial charge in [0, 0.05) is 6.42 Å². The molecule has 0 fully saturated rings. The normalized spacial score (nSPS) is 11.6. The Morgan fingerprint density at radius 3 is 1.12 bits per heavy atom. The van der Waals surface area contributed by atoms with Gasteiger partial charge in [0.2, 0.25) is 0 Å². The van der Waals surface area contributed by atoms with Gasteiger partial charge in [0.25, 0.3) is 5.82 Å². The highest BCUT2D eigenvalue weighted by molar-refractivity contribution is 4.84. The van der Waals surface area contributed by atoms with Gasteiger partial charge in [-0.15, -0.1) is 0 Å². The Balaban J connectivity index is 2.27. The summed E-state index contributed by atoms with van der Waals surface area (Å²) < 4.78 is 5.27. The number of rotatable bonds is 35. The van der Waals surface area contributed by atoms with Gasteiger partial charge >= 0.3 is 0 Å². The molecule has 254 valence electrons. The van der Waals surface area contributed by atoms with Gasteiger partial charge < -0.3 is 0 Å². The lowest BCUT2D eigenvalue weighted by Crippen LogP contribution is -2.37. The van der Waals surface area contributed by atoms with Crippen LogP contribution in [0.1, 0.15) is 232 Å². The molecule has 43 heavy (non-hydrogen) atoms. The lowest BCUT2D eigenvalue weighted by atomic mass is 10.0. The topological polar surface area (TPSA) is 8.81 Å². The van der Waals surface area contributed by atoms with E-state index in [1.807, 2.05) is 0 Å². The fraction of sp³-hybridized carbons (Fsp3) is 0.927. The van der Waals surface area contributed by atoms with Crippen molar-refractivity contribution in [3.8, 4) is 0 Å². The zero-order valence-electron chi connectivity index (χ0n) is 30.3. The Morgan fingerprint density at radius 2 is 0.721 bits per heavy atom. The molecule has 1 heterocycles. The van der Waals surface area contributed by atoms with Crippen LogP contribution in [0.2, 0.25) is 0 Å². The van der Waals surface area contributed by atoms with Gasteiger partial charge in [-0.3, -0.25) is 0 Å². The largest absolute Gasteiger partial charge is 0.256 e. The van der Waals surface area contributed by atoms with Gasteiger partial charge in [-0.1, -0.05) is 194 Å². The molecule has 1 aromatic rings. The van der Waals surface area contributed by atoms with E-state index < -0.39 is 0 Å². The van der Waals surface area contributed by atoms with Gasteiger partial charge in [-0.25, -0.2) is 9.13 Å². The van der Waals surface area contributed by atoms with Gasteiger partial charge in [-0.2, -0.15) is 0 Å². The molecular formula is C41H81N2+. The van der Waals surface area contributed by atoms with Gasteiger partial charge in [0.1, 0.15) is 12.4 Å². The molecule has 0 bridgehead atoms. The predicted octanol–water partition coefficient (Wildman–Crippen LogP) is 13.9. The maximum atomic E-state index is 2.64. The molecule has 2 heteroatoms. The fourth-order valence-electron chi connectivity index (χ4n) is 6.86. The number of unbranched alkanes of at least 4 members (excludes halogenated alkanes) is 29. The molecule has 0 spiro atoms. The minimum atomic E-state index is 1.23. The van der Waals surface area contributed by atoms with Crippen LogP contribution >= 0.6 is 0 Å². The molecule has 1 aromatic heterocycles. The highest BCUT2D eigenvalue weighted by atomic mass is 15.1. The molecule has 2 nitrogen and oxygen atoms in total. The van der Waals surface area contributed by atoms with E-state index in [0.717, 1.165) is 0 Å². The summed E-state index contributed by atoms with van der Waals surface area (Å²) in [6, 6.07) is 0. The summed E-state index contributed by atoms with van der Waals surface area (Å²) in [5, 5.41) is 0. The minimum absolute atomic E-state index is 1.23. The van der Waals surface area contributed by atoms with Gasteiger partial charge in [-0.05, 0) is 32.1 Å². The quantitative estimate of drug-likeness (QED) is 0.0540. The first-order chi connectivity index (χ1) is 21.3. The smallest absolute Gasteiger partial charge is 0.234 e. The van der Waals surface area contributed by atoms with E-state index in [0.29, 0.717) is 0 Å². The molecule has 0 amide bonds. The van der Waals surface area contributed by atoms with Gasteiger partial charge in [0.05, 0.1) is 13.1 Å². The van der Waals surface area contributed by atoms with E-state index in [1.54, 1.807) is 5.82 Å². The Kier molecular flexibility index (Phi) is 30.5. The first-order valence-electron chi connectivity index (χ1n) is 20.4.